The summed E-state index contributed by atoms with van der Waals surface area (Å²) in [5.74, 6) is -0.658. The standard InChI is InChI=1S/C19H18N2O5S/c1-26-18(25)12-4-2-11(3-5-12)6-17(24)21-19-20-15-7-13(9-22)14(10-23)8-16(15)27-19/h2-5,7-8,22-23H,6,9-10H2,1H3,(H,20,21,24). The number of amides is 1. The molecule has 0 atom stereocenters. The van der Waals surface area contributed by atoms with Crippen LogP contribution in [0.15, 0.2) is 36.4 Å². The molecule has 7 nitrogen and oxygen atoms in total. The number of aliphatic hydroxyl groups is 2. The highest BCUT2D eigenvalue weighted by atomic mass is 32.1. The van der Waals surface area contributed by atoms with E-state index in [1.54, 1.807) is 36.4 Å². The predicted molar refractivity (Wildman–Crippen MR) is 102 cm³/mol. The molecule has 0 radical (unpaired) electrons. The Hall–Kier alpha value is -2.81. The maximum absolute atomic E-state index is 12.3. The van der Waals surface area contributed by atoms with E-state index in [1.807, 2.05) is 0 Å². The summed E-state index contributed by atoms with van der Waals surface area (Å²) in [6.07, 6.45) is 0.140. The number of anilines is 1. The molecule has 0 spiro atoms. The van der Waals surface area contributed by atoms with Crippen LogP contribution in [-0.2, 0) is 29.2 Å². The Balaban J connectivity index is 1.71. The summed E-state index contributed by atoms with van der Waals surface area (Å²) in [6, 6.07) is 10.1. The van der Waals surface area contributed by atoms with E-state index in [0.29, 0.717) is 27.3 Å². The molecule has 0 fully saturated rings. The molecule has 1 amide bonds. The number of hydrogen-bond acceptors (Lipinski definition) is 7. The SMILES string of the molecule is COC(=O)c1ccc(CC(=O)Nc2nc3cc(CO)c(CO)cc3s2)cc1. The van der Waals surface area contributed by atoms with Gasteiger partial charge in [-0.2, -0.15) is 0 Å². The summed E-state index contributed by atoms with van der Waals surface area (Å²) in [4.78, 5) is 28.0. The number of fused-ring (bicyclic) bond motifs is 1. The molecule has 0 aliphatic rings. The molecule has 0 bridgehead atoms. The molecule has 3 N–H and O–H groups in total. The number of ether oxygens (including phenoxy) is 1. The van der Waals surface area contributed by atoms with Gasteiger partial charge in [0.2, 0.25) is 5.91 Å². The van der Waals surface area contributed by atoms with Crippen molar-refractivity contribution >= 4 is 38.6 Å². The van der Waals surface area contributed by atoms with Gasteiger partial charge in [0.1, 0.15) is 0 Å². The third kappa shape index (κ3) is 4.30. The lowest BCUT2D eigenvalue weighted by molar-refractivity contribution is -0.115. The number of aromatic nitrogens is 1. The number of hydrogen-bond donors (Lipinski definition) is 3. The van der Waals surface area contributed by atoms with Crippen LogP contribution in [0.5, 0.6) is 0 Å². The van der Waals surface area contributed by atoms with Crippen molar-refractivity contribution in [2.24, 2.45) is 0 Å². The van der Waals surface area contributed by atoms with E-state index in [4.69, 9.17) is 0 Å². The molecule has 8 heteroatoms. The Bertz CT molecular complexity index is 941. The van der Waals surface area contributed by atoms with Crippen LogP contribution < -0.4 is 5.32 Å². The Morgan fingerprint density at radius 3 is 2.41 bits per heavy atom. The fourth-order valence-electron chi connectivity index (χ4n) is 2.63. The maximum Gasteiger partial charge on any atom is 0.337 e. The van der Waals surface area contributed by atoms with Crippen molar-refractivity contribution in [1.29, 1.82) is 0 Å². The largest absolute Gasteiger partial charge is 0.465 e. The lowest BCUT2D eigenvalue weighted by Gasteiger charge is -2.03. The van der Waals surface area contributed by atoms with Gasteiger partial charge in [0.25, 0.3) is 0 Å². The molecule has 3 rings (SSSR count). The lowest BCUT2D eigenvalue weighted by Crippen LogP contribution is -2.14. The first-order valence-electron chi connectivity index (χ1n) is 8.15. The highest BCUT2D eigenvalue weighted by Gasteiger charge is 2.12. The van der Waals surface area contributed by atoms with Crippen LogP contribution in [0, 0.1) is 0 Å². The zero-order valence-corrected chi connectivity index (χ0v) is 15.4. The van der Waals surface area contributed by atoms with Crippen molar-refractivity contribution in [1.82, 2.24) is 4.98 Å². The van der Waals surface area contributed by atoms with Crippen LogP contribution >= 0.6 is 11.3 Å². The first kappa shape index (κ1) is 19.0. The number of methoxy groups -OCH3 is 1. The van der Waals surface area contributed by atoms with E-state index in [-0.39, 0.29) is 25.5 Å². The van der Waals surface area contributed by atoms with Crippen molar-refractivity contribution < 1.29 is 24.5 Å². The second-order valence-electron chi connectivity index (χ2n) is 5.84. The number of benzene rings is 2. The monoisotopic (exact) mass is 386 g/mol. The van der Waals surface area contributed by atoms with Crippen molar-refractivity contribution in [3.63, 3.8) is 0 Å². The van der Waals surface area contributed by atoms with Crippen LogP contribution in [-0.4, -0.2) is 34.2 Å². The normalized spacial score (nSPS) is 10.8. The minimum absolute atomic E-state index is 0.140. The summed E-state index contributed by atoms with van der Waals surface area (Å²) in [6.45, 7) is -0.361. The van der Waals surface area contributed by atoms with Crippen LogP contribution in [0.25, 0.3) is 10.2 Å². The van der Waals surface area contributed by atoms with Gasteiger partial charge in [-0.3, -0.25) is 4.79 Å². The smallest absolute Gasteiger partial charge is 0.337 e. The van der Waals surface area contributed by atoms with Gasteiger partial charge in [-0.05, 0) is 41.0 Å². The van der Waals surface area contributed by atoms with Crippen LogP contribution in [0.1, 0.15) is 27.0 Å². The van der Waals surface area contributed by atoms with Crippen molar-refractivity contribution in [2.75, 3.05) is 12.4 Å². The fraction of sp³-hybridized carbons (Fsp3) is 0.211. The van der Waals surface area contributed by atoms with Gasteiger partial charge in [-0.1, -0.05) is 23.5 Å². The number of esters is 1. The molecule has 0 aliphatic carbocycles. The average Bonchev–Trinajstić information content (AvgIpc) is 3.07. The highest BCUT2D eigenvalue weighted by molar-refractivity contribution is 7.22. The molecule has 1 aromatic heterocycles. The van der Waals surface area contributed by atoms with E-state index in [2.05, 4.69) is 15.0 Å². The molecule has 1 heterocycles. The molecule has 140 valence electrons. The molecule has 0 saturated carbocycles. The summed E-state index contributed by atoms with van der Waals surface area (Å²) in [5, 5.41) is 21.9. The number of carbonyl (C=O) groups excluding carboxylic acids is 2. The third-order valence-corrected chi connectivity index (χ3v) is 4.97. The first-order valence-corrected chi connectivity index (χ1v) is 8.97. The Kier molecular flexibility index (Phi) is 5.80. The van der Waals surface area contributed by atoms with Crippen molar-refractivity contribution in [2.45, 2.75) is 19.6 Å². The number of carbonyl (C=O) groups is 2. The molecule has 2 aromatic carbocycles. The van der Waals surface area contributed by atoms with E-state index in [0.717, 1.165) is 10.3 Å². The Morgan fingerprint density at radius 2 is 1.78 bits per heavy atom. The number of nitrogens with one attached hydrogen (secondary N) is 1. The number of nitrogens with zero attached hydrogens (tertiary/aromatic N) is 1. The zero-order chi connectivity index (χ0) is 19.4. The van der Waals surface area contributed by atoms with Crippen LogP contribution in [0.3, 0.4) is 0 Å². The summed E-state index contributed by atoms with van der Waals surface area (Å²) >= 11 is 1.30. The van der Waals surface area contributed by atoms with Crippen molar-refractivity contribution in [3.05, 3.63) is 58.7 Å². The van der Waals surface area contributed by atoms with Gasteiger partial charge >= 0.3 is 5.97 Å². The first-order chi connectivity index (χ1) is 13.0. The topological polar surface area (TPSA) is 109 Å². The minimum atomic E-state index is -0.426. The molecular formula is C19H18N2O5S. The van der Waals surface area contributed by atoms with E-state index in [9.17, 15) is 19.8 Å². The van der Waals surface area contributed by atoms with Gasteiger partial charge in [0, 0.05) is 0 Å². The van der Waals surface area contributed by atoms with Gasteiger partial charge in [-0.15, -0.1) is 0 Å². The second kappa shape index (κ2) is 8.26. The highest BCUT2D eigenvalue weighted by Crippen LogP contribution is 2.29. The number of aliphatic hydroxyl groups excluding tert-OH is 2. The Morgan fingerprint density at radius 1 is 1.11 bits per heavy atom. The maximum atomic E-state index is 12.3. The Labute approximate surface area is 159 Å². The summed E-state index contributed by atoms with van der Waals surface area (Å²) in [7, 11) is 1.31. The van der Waals surface area contributed by atoms with E-state index in [1.165, 1.54) is 18.4 Å². The molecule has 27 heavy (non-hydrogen) atoms. The van der Waals surface area contributed by atoms with E-state index >= 15 is 0 Å². The molecule has 0 saturated heterocycles. The van der Waals surface area contributed by atoms with Crippen LogP contribution in [0.2, 0.25) is 0 Å². The average molecular weight is 386 g/mol. The van der Waals surface area contributed by atoms with Crippen LogP contribution in [0.4, 0.5) is 5.13 Å². The van der Waals surface area contributed by atoms with Gasteiger partial charge in [-0.25, -0.2) is 9.78 Å². The van der Waals surface area contributed by atoms with Crippen molar-refractivity contribution in [3.8, 4) is 0 Å². The number of rotatable bonds is 6. The third-order valence-electron chi connectivity index (χ3n) is 4.04. The second-order valence-corrected chi connectivity index (χ2v) is 6.87. The molecule has 0 aliphatic heterocycles. The molecule has 3 aromatic rings. The van der Waals surface area contributed by atoms with Gasteiger partial charge in [0.05, 0.1) is 42.5 Å². The summed E-state index contributed by atoms with van der Waals surface area (Å²) in [5.41, 5.74) is 3.08. The lowest BCUT2D eigenvalue weighted by atomic mass is 10.1. The van der Waals surface area contributed by atoms with Gasteiger partial charge < -0.3 is 20.3 Å². The predicted octanol–water partition coefficient (Wildman–Crippen LogP) is 2.25. The van der Waals surface area contributed by atoms with E-state index < -0.39 is 5.97 Å². The molecule has 0 unspecified atom stereocenters. The fourth-order valence-corrected chi connectivity index (χ4v) is 3.56. The zero-order valence-electron chi connectivity index (χ0n) is 14.6. The molecular weight excluding hydrogens is 368 g/mol. The minimum Gasteiger partial charge on any atom is -0.465 e. The number of thiazole rings is 1. The summed E-state index contributed by atoms with van der Waals surface area (Å²) < 4.78 is 5.46. The van der Waals surface area contributed by atoms with Gasteiger partial charge in [0.15, 0.2) is 5.13 Å². The quantitative estimate of drug-likeness (QED) is 0.561.